The fraction of sp³-hybridized carbons (Fsp3) is 0.333. The molecule has 0 nitrogen and oxygen atoms in total. The number of hydrogen-bond acceptors (Lipinski definition) is 0. The van der Waals surface area contributed by atoms with Crippen molar-refractivity contribution in [2.75, 3.05) is 0 Å². The van der Waals surface area contributed by atoms with Gasteiger partial charge < -0.3 is 0 Å². The van der Waals surface area contributed by atoms with Crippen LogP contribution in [0.4, 0.5) is 0 Å². The van der Waals surface area contributed by atoms with Crippen LogP contribution >= 0.6 is 0 Å². The molecule has 0 spiro atoms. The lowest BCUT2D eigenvalue weighted by molar-refractivity contribution is 0.157. The first kappa shape index (κ1) is 21.7. The zero-order chi connectivity index (χ0) is 22.4. The predicted molar refractivity (Wildman–Crippen MR) is 141 cm³/mol. The summed E-state index contributed by atoms with van der Waals surface area (Å²) < 4.78 is 0. The lowest BCUT2D eigenvalue weighted by Gasteiger charge is -2.39. The molecule has 0 fully saturated rings. The second-order valence-electron chi connectivity index (χ2n) is 11.0. The molecule has 0 aliphatic rings. The van der Waals surface area contributed by atoms with Gasteiger partial charge in [-0.3, -0.25) is 0 Å². The van der Waals surface area contributed by atoms with Gasteiger partial charge in [0.2, 0.25) is 0 Å². The zero-order valence-electron chi connectivity index (χ0n) is 20.3. The van der Waals surface area contributed by atoms with E-state index in [4.69, 9.17) is 0 Å². The zero-order valence-corrected chi connectivity index (χ0v) is 20.3. The van der Waals surface area contributed by atoms with Crippen molar-refractivity contribution >= 4 is 34.3 Å². The van der Waals surface area contributed by atoms with Crippen molar-refractivity contribution in [1.82, 2.24) is 0 Å². The maximum atomic E-state index is 2.41. The average Bonchev–Trinajstić information content (AvgIpc) is 2.71. The second kappa shape index (κ2) is 7.86. The fourth-order valence-electron chi connectivity index (χ4n) is 4.48. The van der Waals surface area contributed by atoms with Crippen molar-refractivity contribution in [3.8, 4) is 11.1 Å². The molecule has 0 aromatic heterocycles. The van der Waals surface area contributed by atoms with Crippen molar-refractivity contribution in [2.45, 2.75) is 54.8 Å². The summed E-state index contributed by atoms with van der Waals surface area (Å²) in [5, 5.41) is 5.42. The van der Waals surface area contributed by atoms with Gasteiger partial charge >= 0.3 is 0 Å². The summed E-state index contributed by atoms with van der Waals surface area (Å²) in [4.78, 5) is 0. The molecular formula is C30H35B. The first-order chi connectivity index (χ1) is 14.6. The monoisotopic (exact) mass is 406 g/mol. The van der Waals surface area contributed by atoms with Crippen LogP contribution in [0.25, 0.3) is 32.7 Å². The Morgan fingerprint density at radius 2 is 1.48 bits per heavy atom. The van der Waals surface area contributed by atoms with Crippen LogP contribution in [0, 0.1) is 24.7 Å². The van der Waals surface area contributed by atoms with Gasteiger partial charge in [0.15, 0.2) is 7.28 Å². The van der Waals surface area contributed by atoms with Gasteiger partial charge in [0.1, 0.15) is 0 Å². The SMILES string of the molecule is Cc1ccc2c(-c3cccc(BCC(C)(C)C(C)(C)C)c3)cc3cccc(C)c3c2c1. The minimum absolute atomic E-state index is 0.299. The lowest BCUT2D eigenvalue weighted by Crippen LogP contribution is -2.33. The summed E-state index contributed by atoms with van der Waals surface area (Å²) >= 11 is 0. The lowest BCUT2D eigenvalue weighted by atomic mass is 9.53. The van der Waals surface area contributed by atoms with Gasteiger partial charge in [-0.1, -0.05) is 113 Å². The van der Waals surface area contributed by atoms with Gasteiger partial charge in [-0.15, -0.1) is 0 Å². The van der Waals surface area contributed by atoms with Crippen molar-refractivity contribution in [2.24, 2.45) is 10.8 Å². The summed E-state index contributed by atoms with van der Waals surface area (Å²) in [5.74, 6) is 0. The molecule has 0 bridgehead atoms. The average molecular weight is 406 g/mol. The molecule has 0 heterocycles. The number of benzene rings is 4. The van der Waals surface area contributed by atoms with Gasteiger partial charge in [-0.2, -0.15) is 0 Å². The Bertz CT molecular complexity index is 1250. The molecule has 0 radical (unpaired) electrons. The first-order valence-corrected chi connectivity index (χ1v) is 11.6. The Labute approximate surface area is 188 Å². The van der Waals surface area contributed by atoms with Crippen molar-refractivity contribution in [3.05, 3.63) is 77.9 Å². The highest BCUT2D eigenvalue weighted by molar-refractivity contribution is 6.53. The molecule has 4 aromatic rings. The number of aryl methyl sites for hydroxylation is 2. The van der Waals surface area contributed by atoms with Crippen LogP contribution in [0.1, 0.15) is 45.7 Å². The van der Waals surface area contributed by atoms with Crippen LogP contribution < -0.4 is 5.46 Å². The molecule has 158 valence electrons. The maximum absolute atomic E-state index is 2.41. The quantitative estimate of drug-likeness (QED) is 0.239. The van der Waals surface area contributed by atoms with Crippen LogP contribution in [0.3, 0.4) is 0 Å². The molecule has 0 saturated carbocycles. The standard InChI is InChI=1S/C30H35B/c1-20-14-15-25-26(18-23-12-8-10-21(2)28(23)27(25)16-20)22-11-9-13-24(17-22)31-19-30(6,7)29(3,4)5/h8-18,31H,19H2,1-7H3. The van der Waals surface area contributed by atoms with E-state index in [-0.39, 0.29) is 0 Å². The molecular weight excluding hydrogens is 371 g/mol. The van der Waals surface area contributed by atoms with Crippen LogP contribution in [-0.4, -0.2) is 7.28 Å². The predicted octanol–water partition coefficient (Wildman–Crippen LogP) is 7.83. The molecule has 31 heavy (non-hydrogen) atoms. The maximum Gasteiger partial charge on any atom is 0.158 e. The molecule has 0 saturated heterocycles. The number of hydrogen-bond donors (Lipinski definition) is 0. The van der Waals surface area contributed by atoms with E-state index in [2.05, 4.69) is 115 Å². The fourth-order valence-corrected chi connectivity index (χ4v) is 4.48. The minimum Gasteiger partial charge on any atom is -0.0839 e. The third-order valence-corrected chi connectivity index (χ3v) is 7.65. The van der Waals surface area contributed by atoms with E-state index in [1.807, 2.05) is 0 Å². The normalized spacial score (nSPS) is 12.5. The molecule has 0 unspecified atom stereocenters. The van der Waals surface area contributed by atoms with Crippen molar-refractivity contribution in [1.29, 1.82) is 0 Å². The summed E-state index contributed by atoms with van der Waals surface area (Å²) in [5.41, 5.74) is 7.35. The number of fused-ring (bicyclic) bond motifs is 3. The van der Waals surface area contributed by atoms with Crippen molar-refractivity contribution < 1.29 is 0 Å². The van der Waals surface area contributed by atoms with Gasteiger partial charge in [-0.05, 0) is 69.0 Å². The molecule has 0 N–H and O–H groups in total. The largest absolute Gasteiger partial charge is 0.158 e. The Hall–Kier alpha value is -2.54. The van der Waals surface area contributed by atoms with Crippen LogP contribution in [-0.2, 0) is 0 Å². The van der Waals surface area contributed by atoms with E-state index in [0.717, 1.165) is 7.28 Å². The van der Waals surface area contributed by atoms with Gasteiger partial charge in [-0.25, -0.2) is 0 Å². The van der Waals surface area contributed by atoms with Gasteiger partial charge in [0, 0.05) is 0 Å². The summed E-state index contributed by atoms with van der Waals surface area (Å²) in [7, 11) is 1.11. The van der Waals surface area contributed by atoms with Gasteiger partial charge in [0.25, 0.3) is 0 Å². The van der Waals surface area contributed by atoms with E-state index in [1.165, 1.54) is 55.6 Å². The molecule has 0 amide bonds. The van der Waals surface area contributed by atoms with E-state index >= 15 is 0 Å². The van der Waals surface area contributed by atoms with Crippen LogP contribution in [0.15, 0.2) is 66.7 Å². The number of rotatable bonds is 4. The molecule has 0 aliphatic heterocycles. The Morgan fingerprint density at radius 3 is 2.23 bits per heavy atom. The van der Waals surface area contributed by atoms with E-state index in [0.29, 0.717) is 10.8 Å². The van der Waals surface area contributed by atoms with E-state index < -0.39 is 0 Å². The first-order valence-electron chi connectivity index (χ1n) is 11.6. The Balaban J connectivity index is 1.81. The Kier molecular flexibility index (Phi) is 5.50. The minimum atomic E-state index is 0.299. The highest BCUT2D eigenvalue weighted by Gasteiger charge is 2.32. The van der Waals surface area contributed by atoms with Crippen molar-refractivity contribution in [3.63, 3.8) is 0 Å². The van der Waals surface area contributed by atoms with E-state index in [1.54, 1.807) is 0 Å². The third kappa shape index (κ3) is 4.16. The second-order valence-corrected chi connectivity index (χ2v) is 11.0. The summed E-state index contributed by atoms with van der Waals surface area (Å²) in [6, 6.07) is 25.1. The van der Waals surface area contributed by atoms with E-state index in [9.17, 15) is 0 Å². The smallest absolute Gasteiger partial charge is 0.0839 e. The molecule has 4 rings (SSSR count). The Morgan fingerprint density at radius 1 is 0.742 bits per heavy atom. The van der Waals surface area contributed by atoms with Crippen LogP contribution in [0.2, 0.25) is 6.32 Å². The van der Waals surface area contributed by atoms with Gasteiger partial charge in [0.05, 0.1) is 0 Å². The summed E-state index contributed by atoms with van der Waals surface area (Å²) in [6.45, 7) is 16.3. The molecule has 0 atom stereocenters. The molecule has 4 aromatic carbocycles. The van der Waals surface area contributed by atoms with Crippen LogP contribution in [0.5, 0.6) is 0 Å². The topological polar surface area (TPSA) is 0 Å². The third-order valence-electron chi connectivity index (χ3n) is 7.65. The molecule has 0 aliphatic carbocycles. The molecule has 1 heteroatoms. The highest BCUT2D eigenvalue weighted by Crippen LogP contribution is 2.41. The highest BCUT2D eigenvalue weighted by atomic mass is 14.3. The summed E-state index contributed by atoms with van der Waals surface area (Å²) in [6.07, 6.45) is 1.19.